The van der Waals surface area contributed by atoms with Gasteiger partial charge in [-0.05, 0) is 37.4 Å². The van der Waals surface area contributed by atoms with Crippen molar-refractivity contribution in [3.63, 3.8) is 0 Å². The van der Waals surface area contributed by atoms with Gasteiger partial charge in [0.15, 0.2) is 17.8 Å². The third-order valence-corrected chi connectivity index (χ3v) is 3.50. The van der Waals surface area contributed by atoms with Crippen LogP contribution in [0.1, 0.15) is 24.3 Å². The molecule has 1 heterocycles. The zero-order valence-corrected chi connectivity index (χ0v) is 12.8. The molecule has 118 valence electrons. The van der Waals surface area contributed by atoms with Gasteiger partial charge in [0.25, 0.3) is 5.91 Å². The Hall–Kier alpha value is -2.21. The first-order chi connectivity index (χ1) is 10.7. The fourth-order valence-corrected chi connectivity index (χ4v) is 2.17. The predicted octanol–water partition coefficient (Wildman–Crippen LogP) is 2.55. The molecule has 0 atom stereocenters. The lowest BCUT2D eigenvalue weighted by Gasteiger charge is -2.17. The molecule has 0 aliphatic carbocycles. The number of aromatic nitrogens is 1. The molecule has 0 aliphatic heterocycles. The third kappa shape index (κ3) is 3.92. The largest absolute Gasteiger partial charge is 0.443 e. The van der Waals surface area contributed by atoms with Gasteiger partial charge >= 0.3 is 0 Å². The van der Waals surface area contributed by atoms with Crippen LogP contribution in [0, 0.1) is 5.82 Å². The maximum Gasteiger partial charge on any atom is 0.273 e. The number of carbonyl (C=O) groups excluding carboxylic acids is 1. The van der Waals surface area contributed by atoms with Gasteiger partial charge in [-0.2, -0.15) is 0 Å². The number of nitrogens with zero attached hydrogens (tertiary/aromatic N) is 2. The molecule has 0 saturated carbocycles. The first-order valence-electron chi connectivity index (χ1n) is 7.35. The van der Waals surface area contributed by atoms with Crippen LogP contribution in [-0.2, 0) is 0 Å². The lowest BCUT2D eigenvalue weighted by atomic mass is 10.1. The molecule has 2 rings (SSSR count). The van der Waals surface area contributed by atoms with Crippen LogP contribution < -0.4 is 5.32 Å². The van der Waals surface area contributed by atoms with Crippen molar-refractivity contribution in [2.45, 2.75) is 13.8 Å². The SMILES string of the molecule is CCN(CC)CCNC(=O)c1ncoc1-c1ccc(F)cc1. The molecular weight excluding hydrogens is 285 g/mol. The number of rotatable bonds is 7. The van der Waals surface area contributed by atoms with Crippen molar-refractivity contribution in [2.75, 3.05) is 26.2 Å². The van der Waals surface area contributed by atoms with Crippen LogP contribution >= 0.6 is 0 Å². The van der Waals surface area contributed by atoms with Gasteiger partial charge < -0.3 is 14.6 Å². The summed E-state index contributed by atoms with van der Waals surface area (Å²) < 4.78 is 18.2. The minimum absolute atomic E-state index is 0.214. The zero-order valence-electron chi connectivity index (χ0n) is 12.8. The maximum absolute atomic E-state index is 13.0. The topological polar surface area (TPSA) is 58.4 Å². The summed E-state index contributed by atoms with van der Waals surface area (Å²) in [6.07, 6.45) is 1.22. The maximum atomic E-state index is 13.0. The molecule has 0 unspecified atom stereocenters. The second kappa shape index (κ2) is 7.70. The van der Waals surface area contributed by atoms with Crippen molar-refractivity contribution in [1.82, 2.24) is 15.2 Å². The molecule has 1 aromatic carbocycles. The summed E-state index contributed by atoms with van der Waals surface area (Å²) in [6.45, 7) is 7.36. The van der Waals surface area contributed by atoms with E-state index in [2.05, 4.69) is 29.0 Å². The lowest BCUT2D eigenvalue weighted by molar-refractivity contribution is 0.0945. The van der Waals surface area contributed by atoms with E-state index in [1.165, 1.54) is 18.5 Å². The van der Waals surface area contributed by atoms with Crippen molar-refractivity contribution < 1.29 is 13.6 Å². The molecule has 0 bridgehead atoms. The Kier molecular flexibility index (Phi) is 5.66. The minimum Gasteiger partial charge on any atom is -0.443 e. The standard InChI is InChI=1S/C16H20FN3O2/c1-3-20(4-2)10-9-18-16(21)14-15(22-11-19-14)12-5-7-13(17)8-6-12/h5-8,11H,3-4,9-10H2,1-2H3,(H,18,21). The van der Waals surface area contributed by atoms with E-state index in [9.17, 15) is 9.18 Å². The Morgan fingerprint density at radius 3 is 2.59 bits per heavy atom. The van der Waals surface area contributed by atoms with Gasteiger partial charge in [0, 0.05) is 18.7 Å². The molecule has 0 spiro atoms. The van der Waals surface area contributed by atoms with E-state index in [-0.39, 0.29) is 17.4 Å². The van der Waals surface area contributed by atoms with Crippen molar-refractivity contribution in [3.8, 4) is 11.3 Å². The summed E-state index contributed by atoms with van der Waals surface area (Å²) in [5, 5.41) is 2.83. The molecular formula is C16H20FN3O2. The number of halogens is 1. The van der Waals surface area contributed by atoms with Gasteiger partial charge in [0.05, 0.1) is 0 Å². The fraction of sp³-hybridized carbons (Fsp3) is 0.375. The summed E-state index contributed by atoms with van der Waals surface area (Å²) in [7, 11) is 0. The van der Waals surface area contributed by atoms with E-state index >= 15 is 0 Å². The average molecular weight is 305 g/mol. The van der Waals surface area contributed by atoms with E-state index in [0.717, 1.165) is 19.6 Å². The number of hydrogen-bond acceptors (Lipinski definition) is 4. The van der Waals surface area contributed by atoms with Crippen LogP contribution in [0.5, 0.6) is 0 Å². The van der Waals surface area contributed by atoms with E-state index in [0.29, 0.717) is 17.9 Å². The summed E-state index contributed by atoms with van der Waals surface area (Å²) in [5.74, 6) is -0.283. The summed E-state index contributed by atoms with van der Waals surface area (Å²) in [4.78, 5) is 18.4. The highest BCUT2D eigenvalue weighted by Crippen LogP contribution is 2.23. The summed E-state index contributed by atoms with van der Waals surface area (Å²) in [6, 6.07) is 5.75. The second-order valence-corrected chi connectivity index (χ2v) is 4.82. The summed E-state index contributed by atoms with van der Waals surface area (Å²) >= 11 is 0. The molecule has 1 N–H and O–H groups in total. The van der Waals surface area contributed by atoms with Crippen molar-refractivity contribution >= 4 is 5.91 Å². The van der Waals surface area contributed by atoms with Crippen LogP contribution in [0.15, 0.2) is 35.1 Å². The number of amides is 1. The van der Waals surface area contributed by atoms with Crippen LogP contribution in [0.4, 0.5) is 4.39 Å². The predicted molar refractivity (Wildman–Crippen MR) is 82.0 cm³/mol. The van der Waals surface area contributed by atoms with Crippen LogP contribution in [0.25, 0.3) is 11.3 Å². The zero-order chi connectivity index (χ0) is 15.9. The molecule has 5 nitrogen and oxygen atoms in total. The normalized spacial score (nSPS) is 10.9. The van der Waals surface area contributed by atoms with E-state index < -0.39 is 0 Å². The molecule has 0 fully saturated rings. The molecule has 1 aromatic heterocycles. The van der Waals surface area contributed by atoms with Crippen molar-refractivity contribution in [2.24, 2.45) is 0 Å². The van der Waals surface area contributed by atoms with Crippen LogP contribution in [0.2, 0.25) is 0 Å². The second-order valence-electron chi connectivity index (χ2n) is 4.82. The first kappa shape index (κ1) is 16.2. The highest BCUT2D eigenvalue weighted by molar-refractivity contribution is 5.97. The van der Waals surface area contributed by atoms with Gasteiger partial charge in [-0.1, -0.05) is 13.8 Å². The Morgan fingerprint density at radius 2 is 1.95 bits per heavy atom. The Labute approximate surface area is 129 Å². The lowest BCUT2D eigenvalue weighted by Crippen LogP contribution is -2.35. The average Bonchev–Trinajstić information content (AvgIpc) is 3.02. The quantitative estimate of drug-likeness (QED) is 0.854. The number of nitrogens with one attached hydrogen (secondary N) is 1. The fourth-order valence-electron chi connectivity index (χ4n) is 2.17. The minimum atomic E-state index is -0.339. The molecule has 0 saturated heterocycles. The highest BCUT2D eigenvalue weighted by Gasteiger charge is 2.18. The van der Waals surface area contributed by atoms with Crippen molar-refractivity contribution in [1.29, 1.82) is 0 Å². The van der Waals surface area contributed by atoms with E-state index in [1.807, 2.05) is 0 Å². The van der Waals surface area contributed by atoms with Gasteiger partial charge in [-0.25, -0.2) is 9.37 Å². The molecule has 2 aromatic rings. The number of oxazole rings is 1. The van der Waals surface area contributed by atoms with Gasteiger partial charge in [-0.15, -0.1) is 0 Å². The Morgan fingerprint density at radius 1 is 1.27 bits per heavy atom. The first-order valence-corrected chi connectivity index (χ1v) is 7.35. The molecule has 1 amide bonds. The number of likely N-dealkylation sites (N-methyl/N-ethyl adjacent to an activating group) is 1. The van der Waals surface area contributed by atoms with Crippen LogP contribution in [-0.4, -0.2) is 42.0 Å². The van der Waals surface area contributed by atoms with Crippen LogP contribution in [0.3, 0.4) is 0 Å². The highest BCUT2D eigenvalue weighted by atomic mass is 19.1. The molecule has 6 heteroatoms. The smallest absolute Gasteiger partial charge is 0.273 e. The van der Waals surface area contributed by atoms with Crippen molar-refractivity contribution in [3.05, 3.63) is 42.2 Å². The third-order valence-electron chi connectivity index (χ3n) is 3.50. The molecule has 0 radical (unpaired) electrons. The molecule has 0 aliphatic rings. The Balaban J connectivity index is 2.02. The number of hydrogen-bond donors (Lipinski definition) is 1. The monoisotopic (exact) mass is 305 g/mol. The Bertz CT molecular complexity index is 606. The van der Waals surface area contributed by atoms with E-state index in [4.69, 9.17) is 4.42 Å². The van der Waals surface area contributed by atoms with Gasteiger partial charge in [0.2, 0.25) is 0 Å². The van der Waals surface area contributed by atoms with Gasteiger partial charge in [0.1, 0.15) is 5.82 Å². The molecule has 22 heavy (non-hydrogen) atoms. The van der Waals surface area contributed by atoms with E-state index in [1.54, 1.807) is 12.1 Å². The summed E-state index contributed by atoms with van der Waals surface area (Å²) in [5.41, 5.74) is 0.832. The van der Waals surface area contributed by atoms with Gasteiger partial charge in [-0.3, -0.25) is 4.79 Å². The number of carbonyl (C=O) groups is 1. The number of benzene rings is 1.